The Labute approximate surface area is 112 Å². The van der Waals surface area contributed by atoms with Gasteiger partial charge in [-0.2, -0.15) is 0 Å². The maximum absolute atomic E-state index is 11.4. The van der Waals surface area contributed by atoms with Crippen molar-refractivity contribution >= 4 is 10.0 Å². The number of aromatic nitrogens is 3. The SMILES string of the molecule is CCn1c(Cc2ccc(C)cc2)nnc1S(N)(=O)=O. The minimum atomic E-state index is -3.83. The van der Waals surface area contributed by atoms with Gasteiger partial charge in [-0.25, -0.2) is 13.6 Å². The molecule has 0 spiro atoms. The summed E-state index contributed by atoms with van der Waals surface area (Å²) in [5, 5.41) is 12.5. The van der Waals surface area contributed by atoms with E-state index in [4.69, 9.17) is 5.14 Å². The van der Waals surface area contributed by atoms with Crippen LogP contribution in [0.3, 0.4) is 0 Å². The van der Waals surface area contributed by atoms with E-state index in [1.165, 1.54) is 10.1 Å². The van der Waals surface area contributed by atoms with Gasteiger partial charge < -0.3 is 4.57 Å². The minimum Gasteiger partial charge on any atom is -0.301 e. The van der Waals surface area contributed by atoms with Crippen LogP contribution in [0.5, 0.6) is 0 Å². The standard InChI is InChI=1S/C12H16N4O2S/c1-3-16-11(14-15-12(16)19(13,17)18)8-10-6-4-9(2)5-7-10/h4-7H,3,8H2,1-2H3,(H2,13,17,18). The quantitative estimate of drug-likeness (QED) is 0.898. The van der Waals surface area contributed by atoms with Crippen molar-refractivity contribution in [2.45, 2.75) is 32.0 Å². The maximum atomic E-state index is 11.4. The van der Waals surface area contributed by atoms with Crippen molar-refractivity contribution in [3.8, 4) is 0 Å². The average Bonchev–Trinajstić information content (AvgIpc) is 2.74. The molecule has 0 aliphatic heterocycles. The van der Waals surface area contributed by atoms with Gasteiger partial charge in [0.05, 0.1) is 0 Å². The number of hydrogen-bond acceptors (Lipinski definition) is 4. The van der Waals surface area contributed by atoms with Crippen LogP contribution in [0.4, 0.5) is 0 Å². The smallest absolute Gasteiger partial charge is 0.273 e. The van der Waals surface area contributed by atoms with Crippen LogP contribution in [0, 0.1) is 6.92 Å². The van der Waals surface area contributed by atoms with Crippen LogP contribution in [-0.4, -0.2) is 23.2 Å². The lowest BCUT2D eigenvalue weighted by Gasteiger charge is -2.06. The average molecular weight is 280 g/mol. The Kier molecular flexibility index (Phi) is 3.68. The minimum absolute atomic E-state index is 0.183. The predicted molar refractivity (Wildman–Crippen MR) is 71.1 cm³/mol. The van der Waals surface area contributed by atoms with Gasteiger partial charge in [0.15, 0.2) is 0 Å². The van der Waals surface area contributed by atoms with Gasteiger partial charge in [0.2, 0.25) is 0 Å². The number of benzene rings is 1. The molecular weight excluding hydrogens is 264 g/mol. The van der Waals surface area contributed by atoms with Gasteiger partial charge in [-0.15, -0.1) is 10.2 Å². The lowest BCUT2D eigenvalue weighted by atomic mass is 10.1. The second-order valence-corrected chi connectivity index (χ2v) is 5.81. The molecule has 0 saturated heterocycles. The maximum Gasteiger partial charge on any atom is 0.273 e. The van der Waals surface area contributed by atoms with E-state index in [-0.39, 0.29) is 5.16 Å². The van der Waals surface area contributed by atoms with Crippen molar-refractivity contribution in [1.82, 2.24) is 14.8 Å². The van der Waals surface area contributed by atoms with Crippen LogP contribution in [-0.2, 0) is 23.0 Å². The molecule has 0 fully saturated rings. The van der Waals surface area contributed by atoms with Gasteiger partial charge in [0, 0.05) is 13.0 Å². The van der Waals surface area contributed by atoms with E-state index in [9.17, 15) is 8.42 Å². The topological polar surface area (TPSA) is 90.9 Å². The zero-order chi connectivity index (χ0) is 14.0. The number of nitrogens with zero attached hydrogens (tertiary/aromatic N) is 3. The molecule has 0 radical (unpaired) electrons. The van der Waals surface area contributed by atoms with Gasteiger partial charge >= 0.3 is 0 Å². The van der Waals surface area contributed by atoms with Crippen molar-refractivity contribution in [3.63, 3.8) is 0 Å². The second kappa shape index (κ2) is 5.10. The molecule has 1 heterocycles. The lowest BCUT2D eigenvalue weighted by Crippen LogP contribution is -2.19. The van der Waals surface area contributed by atoms with Crippen LogP contribution in [0.2, 0.25) is 0 Å². The lowest BCUT2D eigenvalue weighted by molar-refractivity contribution is 0.565. The molecule has 0 aliphatic carbocycles. The molecule has 0 aliphatic rings. The summed E-state index contributed by atoms with van der Waals surface area (Å²) in [6.45, 7) is 4.30. The second-order valence-electron chi connectivity index (χ2n) is 4.35. The first-order valence-electron chi connectivity index (χ1n) is 5.92. The first kappa shape index (κ1) is 13.7. The normalized spacial score (nSPS) is 11.7. The van der Waals surface area contributed by atoms with Crippen LogP contribution in [0.25, 0.3) is 0 Å². The Bertz CT molecular complexity index is 674. The summed E-state index contributed by atoms with van der Waals surface area (Å²) in [6.07, 6.45) is 0.524. The number of hydrogen-bond donors (Lipinski definition) is 1. The Balaban J connectivity index is 2.36. The first-order valence-corrected chi connectivity index (χ1v) is 7.47. The zero-order valence-corrected chi connectivity index (χ0v) is 11.7. The number of aryl methyl sites for hydroxylation is 1. The molecule has 7 heteroatoms. The molecule has 0 unspecified atom stereocenters. The van der Waals surface area contributed by atoms with Crippen molar-refractivity contribution < 1.29 is 8.42 Å². The van der Waals surface area contributed by atoms with E-state index in [1.807, 2.05) is 38.1 Å². The van der Waals surface area contributed by atoms with Gasteiger partial charge in [-0.1, -0.05) is 29.8 Å². The summed E-state index contributed by atoms with van der Waals surface area (Å²) in [5.74, 6) is 0.593. The molecule has 6 nitrogen and oxygen atoms in total. The largest absolute Gasteiger partial charge is 0.301 e. The van der Waals surface area contributed by atoms with Crippen LogP contribution >= 0.6 is 0 Å². The monoisotopic (exact) mass is 280 g/mol. The van der Waals surface area contributed by atoms with E-state index in [2.05, 4.69) is 10.2 Å². The molecular formula is C12H16N4O2S. The van der Waals surface area contributed by atoms with Gasteiger partial charge in [0.1, 0.15) is 5.82 Å². The summed E-state index contributed by atoms with van der Waals surface area (Å²) in [5.41, 5.74) is 2.22. The third-order valence-corrected chi connectivity index (χ3v) is 3.66. The summed E-state index contributed by atoms with van der Waals surface area (Å²) >= 11 is 0. The Morgan fingerprint density at radius 2 is 1.84 bits per heavy atom. The molecule has 1 aromatic heterocycles. The third-order valence-electron chi connectivity index (χ3n) is 2.85. The third kappa shape index (κ3) is 2.99. The highest BCUT2D eigenvalue weighted by Crippen LogP contribution is 2.12. The van der Waals surface area contributed by atoms with Crippen LogP contribution in [0.1, 0.15) is 23.9 Å². The number of rotatable bonds is 4. The fraction of sp³-hybridized carbons (Fsp3) is 0.333. The van der Waals surface area contributed by atoms with Gasteiger partial charge in [-0.05, 0) is 19.4 Å². The van der Waals surface area contributed by atoms with E-state index in [1.54, 1.807) is 0 Å². The van der Waals surface area contributed by atoms with Crippen molar-refractivity contribution in [3.05, 3.63) is 41.2 Å². The molecule has 0 atom stereocenters. The molecule has 2 N–H and O–H groups in total. The van der Waals surface area contributed by atoms with E-state index < -0.39 is 10.0 Å². The van der Waals surface area contributed by atoms with Crippen LogP contribution < -0.4 is 5.14 Å². The fourth-order valence-corrected chi connectivity index (χ4v) is 2.56. The summed E-state index contributed by atoms with van der Waals surface area (Å²) in [7, 11) is -3.83. The highest BCUT2D eigenvalue weighted by atomic mass is 32.2. The summed E-state index contributed by atoms with van der Waals surface area (Å²) in [6, 6.07) is 7.98. The molecule has 2 aromatic rings. The molecule has 0 amide bonds. The Morgan fingerprint density at radius 3 is 2.37 bits per heavy atom. The van der Waals surface area contributed by atoms with Crippen molar-refractivity contribution in [2.24, 2.45) is 5.14 Å². The van der Waals surface area contributed by atoms with E-state index in [0.717, 1.165) is 5.56 Å². The molecule has 2 rings (SSSR count). The fourth-order valence-electron chi connectivity index (χ4n) is 1.87. The zero-order valence-electron chi connectivity index (χ0n) is 10.9. The van der Waals surface area contributed by atoms with Crippen LogP contribution in [0.15, 0.2) is 29.4 Å². The Morgan fingerprint density at radius 1 is 1.21 bits per heavy atom. The first-order chi connectivity index (χ1) is 8.91. The van der Waals surface area contributed by atoms with E-state index in [0.29, 0.717) is 18.8 Å². The van der Waals surface area contributed by atoms with E-state index >= 15 is 0 Å². The number of nitrogens with two attached hydrogens (primary N) is 1. The van der Waals surface area contributed by atoms with Gasteiger partial charge in [-0.3, -0.25) is 0 Å². The highest BCUT2D eigenvalue weighted by Gasteiger charge is 2.19. The summed E-state index contributed by atoms with van der Waals surface area (Å²) < 4.78 is 24.3. The highest BCUT2D eigenvalue weighted by molar-refractivity contribution is 7.89. The predicted octanol–water partition coefficient (Wildman–Crippen LogP) is 0.845. The molecule has 102 valence electrons. The Hall–Kier alpha value is -1.73. The number of sulfonamides is 1. The number of primary sulfonamides is 1. The van der Waals surface area contributed by atoms with Crippen molar-refractivity contribution in [1.29, 1.82) is 0 Å². The molecule has 0 bridgehead atoms. The van der Waals surface area contributed by atoms with Gasteiger partial charge in [0.25, 0.3) is 15.2 Å². The summed E-state index contributed by atoms with van der Waals surface area (Å²) in [4.78, 5) is 0. The van der Waals surface area contributed by atoms with Crippen molar-refractivity contribution in [2.75, 3.05) is 0 Å². The molecule has 19 heavy (non-hydrogen) atoms. The molecule has 1 aromatic carbocycles. The molecule has 0 saturated carbocycles.